The molecule has 94 valence electrons. The van der Waals surface area contributed by atoms with Crippen LogP contribution in [0.1, 0.15) is 31.7 Å². The summed E-state index contributed by atoms with van der Waals surface area (Å²) in [7, 11) is 0. The maximum Gasteiger partial charge on any atom is 0.275 e. The minimum Gasteiger partial charge on any atom is -0.312 e. The highest BCUT2D eigenvalue weighted by Crippen LogP contribution is 2.22. The first kappa shape index (κ1) is 13.9. The lowest BCUT2D eigenvalue weighted by Crippen LogP contribution is -2.15. The summed E-state index contributed by atoms with van der Waals surface area (Å²) in [6.45, 7) is 3.54. The highest BCUT2D eigenvalue weighted by atomic mass is 35.5. The predicted molar refractivity (Wildman–Crippen MR) is 69.3 cm³/mol. The van der Waals surface area contributed by atoms with Crippen molar-refractivity contribution in [2.75, 3.05) is 6.54 Å². The zero-order chi connectivity index (χ0) is 12.7. The quantitative estimate of drug-likeness (QED) is 0.461. The molecule has 0 radical (unpaired) electrons. The molecule has 1 aromatic carbocycles. The van der Waals surface area contributed by atoms with Crippen LogP contribution < -0.4 is 5.32 Å². The van der Waals surface area contributed by atoms with Crippen LogP contribution in [-0.2, 0) is 6.54 Å². The van der Waals surface area contributed by atoms with E-state index in [1.165, 1.54) is 18.9 Å². The Morgan fingerprint density at radius 2 is 2.18 bits per heavy atom. The number of nitro groups is 1. The van der Waals surface area contributed by atoms with E-state index < -0.39 is 4.92 Å². The van der Waals surface area contributed by atoms with Crippen LogP contribution >= 0.6 is 11.6 Å². The van der Waals surface area contributed by atoms with Gasteiger partial charge in [0.25, 0.3) is 5.69 Å². The van der Waals surface area contributed by atoms with Crippen molar-refractivity contribution < 1.29 is 4.92 Å². The van der Waals surface area contributed by atoms with E-state index in [2.05, 4.69) is 12.2 Å². The van der Waals surface area contributed by atoms with Crippen LogP contribution in [0.4, 0.5) is 5.69 Å². The Kier molecular flexibility index (Phi) is 5.94. The molecule has 0 atom stereocenters. The van der Waals surface area contributed by atoms with Gasteiger partial charge >= 0.3 is 0 Å². The Bertz CT molecular complexity index is 383. The number of nitrogens with zero attached hydrogens (tertiary/aromatic N) is 1. The summed E-state index contributed by atoms with van der Waals surface area (Å²) >= 11 is 5.74. The molecule has 0 bridgehead atoms. The fourth-order valence-corrected chi connectivity index (χ4v) is 1.75. The summed E-state index contributed by atoms with van der Waals surface area (Å²) in [4.78, 5) is 10.4. The van der Waals surface area contributed by atoms with Gasteiger partial charge in [-0.15, -0.1) is 0 Å². The molecule has 1 aromatic rings. The number of nitro benzene ring substituents is 1. The van der Waals surface area contributed by atoms with E-state index in [9.17, 15) is 10.1 Å². The molecule has 0 unspecified atom stereocenters. The second-order valence-corrected chi connectivity index (χ2v) is 4.35. The molecule has 1 N–H and O–H groups in total. The second kappa shape index (κ2) is 7.25. The smallest absolute Gasteiger partial charge is 0.275 e. The molecule has 0 fully saturated rings. The van der Waals surface area contributed by atoms with Gasteiger partial charge in [0.2, 0.25) is 0 Å². The summed E-state index contributed by atoms with van der Waals surface area (Å²) in [6.07, 6.45) is 3.44. The summed E-state index contributed by atoms with van der Waals surface area (Å²) in [6, 6.07) is 4.77. The number of hydrogen-bond donors (Lipinski definition) is 1. The zero-order valence-corrected chi connectivity index (χ0v) is 10.7. The van der Waals surface area contributed by atoms with Gasteiger partial charge < -0.3 is 5.32 Å². The van der Waals surface area contributed by atoms with E-state index in [4.69, 9.17) is 11.6 Å². The first-order valence-corrected chi connectivity index (χ1v) is 6.16. The van der Waals surface area contributed by atoms with Crippen LogP contribution in [0, 0.1) is 10.1 Å². The number of unbranched alkanes of at least 4 members (excludes halogenated alkanes) is 2. The highest BCUT2D eigenvalue weighted by molar-refractivity contribution is 6.30. The average molecular weight is 257 g/mol. The number of benzene rings is 1. The third-order valence-corrected chi connectivity index (χ3v) is 2.75. The lowest BCUT2D eigenvalue weighted by atomic mass is 10.1. The van der Waals surface area contributed by atoms with E-state index in [-0.39, 0.29) is 5.69 Å². The largest absolute Gasteiger partial charge is 0.312 e. The fraction of sp³-hybridized carbons (Fsp3) is 0.500. The van der Waals surface area contributed by atoms with Crippen molar-refractivity contribution in [3.05, 3.63) is 38.9 Å². The van der Waals surface area contributed by atoms with Crippen LogP contribution in [0.5, 0.6) is 0 Å². The summed E-state index contributed by atoms with van der Waals surface area (Å²) in [5.74, 6) is 0. The van der Waals surface area contributed by atoms with Gasteiger partial charge in [-0.3, -0.25) is 10.1 Å². The molecule has 4 nitrogen and oxygen atoms in total. The normalized spacial score (nSPS) is 10.5. The monoisotopic (exact) mass is 256 g/mol. The summed E-state index contributed by atoms with van der Waals surface area (Å²) in [5.41, 5.74) is 0.761. The number of hydrogen-bond acceptors (Lipinski definition) is 3. The molecule has 0 saturated heterocycles. The molecule has 0 amide bonds. The van der Waals surface area contributed by atoms with Crippen LogP contribution in [0.25, 0.3) is 0 Å². The fourth-order valence-electron chi connectivity index (χ4n) is 1.58. The first-order chi connectivity index (χ1) is 8.15. The molecule has 0 spiro atoms. The molecule has 17 heavy (non-hydrogen) atoms. The molecule has 1 rings (SSSR count). The highest BCUT2D eigenvalue weighted by Gasteiger charge is 2.13. The predicted octanol–water partition coefficient (Wildman–Crippen LogP) is 3.53. The Morgan fingerprint density at radius 1 is 1.41 bits per heavy atom. The Labute approximate surface area is 106 Å². The Hall–Kier alpha value is -1.13. The minimum absolute atomic E-state index is 0.0838. The molecule has 0 aliphatic carbocycles. The lowest BCUT2D eigenvalue weighted by Gasteiger charge is -2.05. The van der Waals surface area contributed by atoms with Gasteiger partial charge in [0, 0.05) is 23.2 Å². The Balaban J connectivity index is 2.55. The van der Waals surface area contributed by atoms with Gasteiger partial charge in [-0.05, 0) is 25.1 Å². The van der Waals surface area contributed by atoms with E-state index in [1.54, 1.807) is 12.1 Å². The van der Waals surface area contributed by atoms with Crippen molar-refractivity contribution in [3.8, 4) is 0 Å². The van der Waals surface area contributed by atoms with Gasteiger partial charge in [-0.25, -0.2) is 0 Å². The van der Waals surface area contributed by atoms with Crippen molar-refractivity contribution in [1.29, 1.82) is 0 Å². The number of nitrogens with one attached hydrogen (secondary N) is 1. The van der Waals surface area contributed by atoms with Crippen molar-refractivity contribution in [3.63, 3.8) is 0 Å². The van der Waals surface area contributed by atoms with Gasteiger partial charge in [-0.2, -0.15) is 0 Å². The SMILES string of the molecule is CCCCCNCc1ccc(Cl)cc1[N+](=O)[O-]. The molecule has 0 saturated carbocycles. The van der Waals surface area contributed by atoms with E-state index in [0.29, 0.717) is 17.1 Å². The molecular formula is C12H17ClN2O2. The maximum absolute atomic E-state index is 10.8. The topological polar surface area (TPSA) is 55.2 Å². The molecule has 5 heteroatoms. The summed E-state index contributed by atoms with van der Waals surface area (Å²) < 4.78 is 0. The molecule has 0 aliphatic rings. The van der Waals surface area contributed by atoms with Gasteiger partial charge in [0.1, 0.15) is 0 Å². The van der Waals surface area contributed by atoms with Crippen molar-refractivity contribution in [1.82, 2.24) is 5.32 Å². The third kappa shape index (κ3) is 4.71. The van der Waals surface area contributed by atoms with E-state index in [0.717, 1.165) is 13.0 Å². The standard InChI is InChI=1S/C12H17ClN2O2/c1-2-3-4-7-14-9-10-5-6-11(13)8-12(10)15(16)17/h5-6,8,14H,2-4,7,9H2,1H3. The average Bonchev–Trinajstić information content (AvgIpc) is 2.30. The van der Waals surface area contributed by atoms with Crippen molar-refractivity contribution >= 4 is 17.3 Å². The number of halogens is 1. The minimum atomic E-state index is -0.394. The maximum atomic E-state index is 10.8. The lowest BCUT2D eigenvalue weighted by molar-refractivity contribution is -0.385. The van der Waals surface area contributed by atoms with Crippen molar-refractivity contribution in [2.24, 2.45) is 0 Å². The Morgan fingerprint density at radius 3 is 2.82 bits per heavy atom. The van der Waals surface area contributed by atoms with Gasteiger partial charge in [-0.1, -0.05) is 31.4 Å². The van der Waals surface area contributed by atoms with Crippen LogP contribution in [0.3, 0.4) is 0 Å². The molecule has 0 aliphatic heterocycles. The van der Waals surface area contributed by atoms with Gasteiger partial charge in [0.05, 0.1) is 4.92 Å². The van der Waals surface area contributed by atoms with Crippen LogP contribution in [0.15, 0.2) is 18.2 Å². The molecular weight excluding hydrogens is 240 g/mol. The summed E-state index contributed by atoms with van der Waals surface area (Å²) in [5, 5.41) is 14.4. The zero-order valence-electron chi connectivity index (χ0n) is 9.91. The second-order valence-electron chi connectivity index (χ2n) is 3.91. The number of rotatable bonds is 7. The molecule has 0 aromatic heterocycles. The van der Waals surface area contributed by atoms with Crippen LogP contribution in [0.2, 0.25) is 5.02 Å². The van der Waals surface area contributed by atoms with E-state index in [1.807, 2.05) is 0 Å². The first-order valence-electron chi connectivity index (χ1n) is 5.78. The van der Waals surface area contributed by atoms with Crippen molar-refractivity contribution in [2.45, 2.75) is 32.7 Å². The third-order valence-electron chi connectivity index (χ3n) is 2.52. The van der Waals surface area contributed by atoms with E-state index >= 15 is 0 Å². The molecule has 0 heterocycles. The van der Waals surface area contributed by atoms with Crippen LogP contribution in [-0.4, -0.2) is 11.5 Å². The van der Waals surface area contributed by atoms with Gasteiger partial charge in [0.15, 0.2) is 0 Å².